The topological polar surface area (TPSA) is 63.4 Å². The zero-order valence-electron chi connectivity index (χ0n) is 6.32. The highest BCUT2D eigenvalue weighted by atomic mass is 16.2. The van der Waals surface area contributed by atoms with Gasteiger partial charge in [0, 0.05) is 19.0 Å². The van der Waals surface area contributed by atoms with E-state index >= 15 is 0 Å². The van der Waals surface area contributed by atoms with Crippen molar-refractivity contribution < 1.29 is 9.59 Å². The number of hydrogen-bond acceptors (Lipinski definition) is 2. The molecule has 2 amide bonds. The Morgan fingerprint density at radius 3 is 2.36 bits per heavy atom. The normalized spacial score (nSPS) is 19.8. The van der Waals surface area contributed by atoms with Crippen LogP contribution < -0.4 is 5.73 Å². The van der Waals surface area contributed by atoms with Gasteiger partial charge in [0.15, 0.2) is 0 Å². The summed E-state index contributed by atoms with van der Waals surface area (Å²) in [7, 11) is 0. The Bertz CT molecular complexity index is 162. The summed E-state index contributed by atoms with van der Waals surface area (Å²) in [4.78, 5) is 22.5. The van der Waals surface area contributed by atoms with E-state index in [9.17, 15) is 9.59 Å². The van der Waals surface area contributed by atoms with E-state index in [4.69, 9.17) is 5.73 Å². The number of urea groups is 1. The molecule has 0 aliphatic carbocycles. The fraction of sp³-hybridized carbons (Fsp3) is 0.714. The van der Waals surface area contributed by atoms with Crippen LogP contribution in [-0.4, -0.2) is 30.3 Å². The Morgan fingerprint density at radius 1 is 1.45 bits per heavy atom. The van der Waals surface area contributed by atoms with E-state index in [1.807, 2.05) is 0 Å². The van der Waals surface area contributed by atoms with E-state index in [1.54, 1.807) is 4.90 Å². The van der Waals surface area contributed by atoms with E-state index in [-0.39, 0.29) is 11.9 Å². The molecule has 0 atom stereocenters. The quantitative estimate of drug-likeness (QED) is 0.542. The fourth-order valence-electron chi connectivity index (χ4n) is 1.26. The molecule has 1 heterocycles. The number of likely N-dealkylation sites (tertiary alicyclic amines) is 1. The molecule has 0 spiro atoms. The lowest BCUT2D eigenvalue weighted by molar-refractivity contribution is -0.112. The molecule has 1 aliphatic rings. The summed E-state index contributed by atoms with van der Waals surface area (Å²) in [5, 5.41) is 0. The van der Waals surface area contributed by atoms with Gasteiger partial charge in [-0.2, -0.15) is 0 Å². The first-order valence-corrected chi connectivity index (χ1v) is 3.73. The lowest BCUT2D eigenvalue weighted by Gasteiger charge is -2.27. The maximum atomic E-state index is 10.6. The van der Waals surface area contributed by atoms with E-state index in [2.05, 4.69) is 0 Å². The van der Waals surface area contributed by atoms with Gasteiger partial charge in [-0.1, -0.05) is 0 Å². The Hall–Kier alpha value is -1.06. The van der Waals surface area contributed by atoms with Gasteiger partial charge in [0.2, 0.25) is 0 Å². The highest BCUT2D eigenvalue weighted by molar-refractivity contribution is 5.72. The number of piperidine rings is 1. The minimum atomic E-state index is -0.380. The molecule has 0 aromatic carbocycles. The summed E-state index contributed by atoms with van der Waals surface area (Å²) in [5.41, 5.74) is 5.05. The first-order valence-electron chi connectivity index (χ1n) is 3.73. The van der Waals surface area contributed by atoms with Crippen molar-refractivity contribution in [2.75, 3.05) is 13.1 Å². The molecule has 1 saturated heterocycles. The lowest BCUT2D eigenvalue weighted by Crippen LogP contribution is -2.41. The molecule has 0 saturated carbocycles. The van der Waals surface area contributed by atoms with E-state index in [0.717, 1.165) is 19.1 Å². The number of nitrogens with two attached hydrogens (primary N) is 1. The number of nitrogens with zero attached hydrogens (tertiary/aromatic N) is 1. The van der Waals surface area contributed by atoms with Gasteiger partial charge in [0.05, 0.1) is 0 Å². The first kappa shape index (κ1) is 8.04. The van der Waals surface area contributed by atoms with Crippen LogP contribution in [0.3, 0.4) is 0 Å². The minimum Gasteiger partial charge on any atom is -0.351 e. The van der Waals surface area contributed by atoms with Crippen molar-refractivity contribution in [1.82, 2.24) is 4.90 Å². The van der Waals surface area contributed by atoms with Gasteiger partial charge >= 0.3 is 6.03 Å². The van der Waals surface area contributed by atoms with Gasteiger partial charge in [-0.3, -0.25) is 0 Å². The molecule has 0 radical (unpaired) electrons. The summed E-state index contributed by atoms with van der Waals surface area (Å²) in [6.45, 7) is 1.25. The third kappa shape index (κ3) is 1.93. The van der Waals surface area contributed by atoms with Crippen molar-refractivity contribution in [2.45, 2.75) is 12.8 Å². The van der Waals surface area contributed by atoms with E-state index in [1.165, 1.54) is 0 Å². The summed E-state index contributed by atoms with van der Waals surface area (Å²) < 4.78 is 0. The third-order valence-electron chi connectivity index (χ3n) is 2.04. The largest absolute Gasteiger partial charge is 0.351 e. The molecule has 0 aromatic rings. The van der Waals surface area contributed by atoms with Gasteiger partial charge in [0.1, 0.15) is 6.29 Å². The molecule has 1 rings (SSSR count). The second-order valence-electron chi connectivity index (χ2n) is 2.80. The summed E-state index contributed by atoms with van der Waals surface area (Å²) in [6.07, 6.45) is 2.47. The van der Waals surface area contributed by atoms with Crippen LogP contribution in [0.2, 0.25) is 0 Å². The molecule has 1 aliphatic heterocycles. The second-order valence-corrected chi connectivity index (χ2v) is 2.80. The van der Waals surface area contributed by atoms with Crippen LogP contribution in [0.1, 0.15) is 12.8 Å². The molecule has 62 valence electrons. The molecular formula is C7H12N2O2. The maximum Gasteiger partial charge on any atom is 0.314 e. The summed E-state index contributed by atoms with van der Waals surface area (Å²) >= 11 is 0. The molecule has 4 heteroatoms. The summed E-state index contributed by atoms with van der Waals surface area (Å²) in [5.74, 6) is 0.130. The number of rotatable bonds is 1. The Balaban J connectivity index is 2.35. The van der Waals surface area contributed by atoms with Crippen molar-refractivity contribution in [3.63, 3.8) is 0 Å². The average Bonchev–Trinajstić information content (AvgIpc) is 2.05. The number of amides is 2. The minimum absolute atomic E-state index is 0.130. The Kier molecular flexibility index (Phi) is 2.46. The van der Waals surface area contributed by atoms with Crippen LogP contribution in [0.5, 0.6) is 0 Å². The number of hydrogen-bond donors (Lipinski definition) is 1. The molecule has 0 bridgehead atoms. The molecule has 0 unspecified atom stereocenters. The second kappa shape index (κ2) is 3.37. The van der Waals surface area contributed by atoms with Gasteiger partial charge in [0.25, 0.3) is 0 Å². The smallest absolute Gasteiger partial charge is 0.314 e. The van der Waals surface area contributed by atoms with Crippen molar-refractivity contribution in [3.05, 3.63) is 0 Å². The average molecular weight is 156 g/mol. The zero-order valence-corrected chi connectivity index (χ0v) is 6.32. The van der Waals surface area contributed by atoms with Crippen LogP contribution in [0.15, 0.2) is 0 Å². The molecule has 2 N–H and O–H groups in total. The van der Waals surface area contributed by atoms with E-state index < -0.39 is 0 Å². The molecular weight excluding hydrogens is 144 g/mol. The van der Waals surface area contributed by atoms with Gasteiger partial charge in [-0.05, 0) is 12.8 Å². The number of carbonyl (C=O) groups is 2. The molecule has 11 heavy (non-hydrogen) atoms. The van der Waals surface area contributed by atoms with Crippen molar-refractivity contribution in [2.24, 2.45) is 11.7 Å². The van der Waals surface area contributed by atoms with Crippen molar-refractivity contribution in [3.8, 4) is 0 Å². The number of primary amides is 1. The third-order valence-corrected chi connectivity index (χ3v) is 2.04. The van der Waals surface area contributed by atoms with Gasteiger partial charge < -0.3 is 15.4 Å². The predicted octanol–water partition coefficient (Wildman–Crippen LogP) is -0.0240. The Labute approximate surface area is 65.3 Å². The van der Waals surface area contributed by atoms with Crippen LogP contribution in [0, 0.1) is 5.92 Å². The van der Waals surface area contributed by atoms with Crippen LogP contribution in [-0.2, 0) is 4.79 Å². The van der Waals surface area contributed by atoms with Crippen molar-refractivity contribution >= 4 is 12.3 Å². The van der Waals surface area contributed by atoms with Crippen LogP contribution in [0.4, 0.5) is 4.79 Å². The first-order chi connectivity index (χ1) is 5.24. The maximum absolute atomic E-state index is 10.6. The zero-order chi connectivity index (χ0) is 8.27. The van der Waals surface area contributed by atoms with Gasteiger partial charge in [-0.25, -0.2) is 4.79 Å². The van der Waals surface area contributed by atoms with E-state index in [0.29, 0.717) is 13.1 Å². The molecule has 0 aromatic heterocycles. The lowest BCUT2D eigenvalue weighted by atomic mass is 9.99. The molecule has 4 nitrogen and oxygen atoms in total. The van der Waals surface area contributed by atoms with Crippen LogP contribution >= 0.6 is 0 Å². The monoisotopic (exact) mass is 156 g/mol. The highest BCUT2D eigenvalue weighted by Gasteiger charge is 2.19. The van der Waals surface area contributed by atoms with Crippen LogP contribution in [0.25, 0.3) is 0 Å². The number of carbonyl (C=O) groups excluding carboxylic acids is 2. The summed E-state index contributed by atoms with van der Waals surface area (Å²) in [6, 6.07) is -0.380. The SMILES string of the molecule is NC(=O)N1CCC(C=O)CC1. The van der Waals surface area contributed by atoms with Crippen molar-refractivity contribution in [1.29, 1.82) is 0 Å². The Morgan fingerprint density at radius 2 is 2.00 bits per heavy atom. The predicted molar refractivity (Wildman–Crippen MR) is 39.9 cm³/mol. The number of aldehydes is 1. The highest BCUT2D eigenvalue weighted by Crippen LogP contribution is 2.13. The fourth-order valence-corrected chi connectivity index (χ4v) is 1.26. The van der Waals surface area contributed by atoms with Gasteiger partial charge in [-0.15, -0.1) is 0 Å². The molecule has 1 fully saturated rings. The standard InChI is InChI=1S/C7H12N2O2/c8-7(11)9-3-1-6(5-10)2-4-9/h5-6H,1-4H2,(H2,8,11).